The second-order valence-electron chi connectivity index (χ2n) is 7.19. The van der Waals surface area contributed by atoms with Crippen molar-refractivity contribution in [2.75, 3.05) is 5.32 Å². The highest BCUT2D eigenvalue weighted by Gasteiger charge is 2.37. The van der Waals surface area contributed by atoms with Crippen molar-refractivity contribution in [2.45, 2.75) is 12.6 Å². The van der Waals surface area contributed by atoms with E-state index in [0.29, 0.717) is 17.2 Å². The van der Waals surface area contributed by atoms with Gasteiger partial charge in [-0.25, -0.2) is 4.98 Å². The Morgan fingerprint density at radius 3 is 2.65 bits per heavy atom. The highest BCUT2D eigenvalue weighted by atomic mass is 32.1. The number of nitrogens with zero attached hydrogens (tertiary/aromatic N) is 3. The normalized spacial score (nSPS) is 13.7. The molecule has 0 aliphatic carbocycles. The summed E-state index contributed by atoms with van der Waals surface area (Å²) in [6, 6.07) is 18.2. The lowest BCUT2D eigenvalue weighted by atomic mass is 10.0. The van der Waals surface area contributed by atoms with E-state index in [-0.39, 0.29) is 11.8 Å². The molecule has 2 aromatic heterocycles. The predicted octanol–water partition coefficient (Wildman–Crippen LogP) is 4.54. The third kappa shape index (κ3) is 3.71. The maximum atomic E-state index is 13.4. The number of nitrogens with one attached hydrogen (secondary N) is 1. The first-order valence-corrected chi connectivity index (χ1v) is 10.7. The van der Waals surface area contributed by atoms with Gasteiger partial charge in [-0.3, -0.25) is 19.9 Å². The Bertz CT molecular complexity index is 1230. The van der Waals surface area contributed by atoms with Gasteiger partial charge in [0, 0.05) is 41.6 Å². The van der Waals surface area contributed by atoms with Crippen LogP contribution in [0.3, 0.4) is 0 Å². The fourth-order valence-corrected chi connectivity index (χ4v) is 4.34. The summed E-state index contributed by atoms with van der Waals surface area (Å²) >= 11 is 1.34. The van der Waals surface area contributed by atoms with Gasteiger partial charge in [-0.1, -0.05) is 48.5 Å². The first kappa shape index (κ1) is 19.1. The average molecular weight is 427 g/mol. The van der Waals surface area contributed by atoms with Crippen LogP contribution in [0.4, 0.5) is 5.13 Å². The summed E-state index contributed by atoms with van der Waals surface area (Å²) < 4.78 is 0. The number of thiazole rings is 1. The summed E-state index contributed by atoms with van der Waals surface area (Å²) in [5.74, 6) is -0.446. The van der Waals surface area contributed by atoms with Crippen molar-refractivity contribution in [2.24, 2.45) is 0 Å². The van der Waals surface area contributed by atoms with E-state index in [1.807, 2.05) is 60.7 Å². The van der Waals surface area contributed by atoms with E-state index < -0.39 is 6.04 Å². The van der Waals surface area contributed by atoms with E-state index in [1.54, 1.807) is 28.9 Å². The highest BCUT2D eigenvalue weighted by molar-refractivity contribution is 7.13. The third-order valence-corrected chi connectivity index (χ3v) is 5.96. The number of amides is 2. The molecule has 1 aliphatic heterocycles. The molecule has 31 heavy (non-hydrogen) atoms. The number of hydrogen-bond acceptors (Lipinski definition) is 5. The number of rotatable bonds is 5. The van der Waals surface area contributed by atoms with Crippen LogP contribution < -0.4 is 5.32 Å². The Labute approximate surface area is 183 Å². The second-order valence-corrected chi connectivity index (χ2v) is 8.08. The minimum Gasteiger partial charge on any atom is -0.318 e. The molecule has 0 bridgehead atoms. The molecule has 2 aromatic carbocycles. The number of hydrogen-bond donors (Lipinski definition) is 1. The Balaban J connectivity index is 1.49. The molecular weight excluding hydrogens is 408 g/mol. The molecule has 152 valence electrons. The van der Waals surface area contributed by atoms with Crippen LogP contribution in [0.25, 0.3) is 11.1 Å². The first-order valence-electron chi connectivity index (χ1n) is 9.80. The summed E-state index contributed by atoms with van der Waals surface area (Å²) in [5, 5.41) is 5.15. The van der Waals surface area contributed by atoms with Crippen molar-refractivity contribution in [3.8, 4) is 11.1 Å². The van der Waals surface area contributed by atoms with E-state index in [2.05, 4.69) is 15.3 Å². The second kappa shape index (κ2) is 8.12. The van der Waals surface area contributed by atoms with Crippen molar-refractivity contribution in [3.05, 3.63) is 101 Å². The van der Waals surface area contributed by atoms with E-state index >= 15 is 0 Å². The van der Waals surface area contributed by atoms with Crippen molar-refractivity contribution in [3.63, 3.8) is 0 Å². The molecule has 3 heterocycles. The zero-order valence-corrected chi connectivity index (χ0v) is 17.3. The van der Waals surface area contributed by atoms with Gasteiger partial charge in [0.1, 0.15) is 6.04 Å². The molecule has 7 heteroatoms. The molecule has 5 rings (SSSR count). The first-order chi connectivity index (χ1) is 15.2. The van der Waals surface area contributed by atoms with Gasteiger partial charge in [0.25, 0.3) is 11.8 Å². The summed E-state index contributed by atoms with van der Waals surface area (Å²) in [6.45, 7) is 0.367. The average Bonchev–Trinajstić information content (AvgIpc) is 3.43. The Hall–Kier alpha value is -3.84. The molecule has 0 saturated carbocycles. The van der Waals surface area contributed by atoms with Gasteiger partial charge in [0.15, 0.2) is 5.13 Å². The van der Waals surface area contributed by atoms with E-state index in [4.69, 9.17) is 0 Å². The lowest BCUT2D eigenvalue weighted by Crippen LogP contribution is -2.37. The summed E-state index contributed by atoms with van der Waals surface area (Å²) in [6.07, 6.45) is 5.12. The minimum atomic E-state index is -0.758. The summed E-state index contributed by atoms with van der Waals surface area (Å²) in [7, 11) is 0. The van der Waals surface area contributed by atoms with Crippen LogP contribution >= 0.6 is 11.3 Å². The zero-order chi connectivity index (χ0) is 21.2. The number of anilines is 1. The van der Waals surface area contributed by atoms with Crippen LogP contribution in [-0.4, -0.2) is 26.7 Å². The van der Waals surface area contributed by atoms with E-state index in [9.17, 15) is 9.59 Å². The molecule has 1 aliphatic rings. The third-order valence-electron chi connectivity index (χ3n) is 5.27. The molecule has 1 atom stereocenters. The van der Waals surface area contributed by atoms with Crippen LogP contribution in [0.5, 0.6) is 0 Å². The van der Waals surface area contributed by atoms with Crippen molar-refractivity contribution in [1.82, 2.24) is 14.9 Å². The quantitative estimate of drug-likeness (QED) is 0.508. The van der Waals surface area contributed by atoms with Crippen LogP contribution in [0.2, 0.25) is 0 Å². The number of aromatic nitrogens is 2. The molecule has 0 spiro atoms. The van der Waals surface area contributed by atoms with Gasteiger partial charge in [0.2, 0.25) is 0 Å². The topological polar surface area (TPSA) is 75.2 Å². The number of carbonyl (C=O) groups excluding carboxylic acids is 2. The SMILES string of the molecule is O=C(Nc1nccs1)C(c1ccccc1)N1Cc2ccc(-c3cccnc3)cc2C1=O. The number of benzene rings is 2. The van der Waals surface area contributed by atoms with E-state index in [0.717, 1.165) is 22.3 Å². The minimum absolute atomic E-state index is 0.163. The van der Waals surface area contributed by atoms with Crippen molar-refractivity contribution < 1.29 is 9.59 Å². The summed E-state index contributed by atoms with van der Waals surface area (Å²) in [4.78, 5) is 36.6. The molecule has 0 saturated heterocycles. The van der Waals surface area contributed by atoms with Crippen LogP contribution in [0, 0.1) is 0 Å². The fraction of sp³-hybridized carbons (Fsp3) is 0.0833. The van der Waals surface area contributed by atoms with Crippen LogP contribution in [-0.2, 0) is 11.3 Å². The summed E-state index contributed by atoms with van der Waals surface area (Å²) in [5.41, 5.74) is 4.14. The number of fused-ring (bicyclic) bond motifs is 1. The number of carbonyl (C=O) groups is 2. The monoisotopic (exact) mass is 426 g/mol. The molecule has 0 fully saturated rings. The van der Waals surface area contributed by atoms with Gasteiger partial charge >= 0.3 is 0 Å². The maximum Gasteiger partial charge on any atom is 0.255 e. The molecular formula is C24H18N4O2S. The largest absolute Gasteiger partial charge is 0.318 e. The smallest absolute Gasteiger partial charge is 0.255 e. The molecule has 1 N–H and O–H groups in total. The lowest BCUT2D eigenvalue weighted by Gasteiger charge is -2.27. The van der Waals surface area contributed by atoms with Gasteiger partial charge < -0.3 is 4.90 Å². The van der Waals surface area contributed by atoms with Gasteiger partial charge in [-0.15, -0.1) is 11.3 Å². The highest BCUT2D eigenvalue weighted by Crippen LogP contribution is 2.34. The fourth-order valence-electron chi connectivity index (χ4n) is 3.81. The van der Waals surface area contributed by atoms with Crippen molar-refractivity contribution >= 4 is 28.3 Å². The van der Waals surface area contributed by atoms with Crippen LogP contribution in [0.1, 0.15) is 27.5 Å². The standard InChI is InChI=1S/C24H18N4O2S/c29-22(27-24-26-11-12-31-24)21(16-5-2-1-3-6-16)28-15-19-9-8-17(13-20(19)23(28)30)18-7-4-10-25-14-18/h1-14,21H,15H2,(H,26,27,29). The Morgan fingerprint density at radius 1 is 1.03 bits per heavy atom. The van der Waals surface area contributed by atoms with Gasteiger partial charge in [-0.05, 0) is 28.8 Å². The predicted molar refractivity (Wildman–Crippen MR) is 119 cm³/mol. The molecule has 0 radical (unpaired) electrons. The molecule has 6 nitrogen and oxygen atoms in total. The molecule has 2 amide bonds. The Kier molecular flexibility index (Phi) is 5.01. The van der Waals surface area contributed by atoms with Gasteiger partial charge in [0.05, 0.1) is 0 Å². The lowest BCUT2D eigenvalue weighted by molar-refractivity contribution is -0.120. The Morgan fingerprint density at radius 2 is 1.90 bits per heavy atom. The number of pyridine rings is 1. The molecule has 1 unspecified atom stereocenters. The van der Waals surface area contributed by atoms with Gasteiger partial charge in [-0.2, -0.15) is 0 Å². The van der Waals surface area contributed by atoms with E-state index in [1.165, 1.54) is 11.3 Å². The molecule has 4 aromatic rings. The zero-order valence-electron chi connectivity index (χ0n) is 16.4. The maximum absolute atomic E-state index is 13.4. The van der Waals surface area contributed by atoms with Crippen molar-refractivity contribution in [1.29, 1.82) is 0 Å². The van der Waals surface area contributed by atoms with Crippen LogP contribution in [0.15, 0.2) is 84.6 Å².